The highest BCUT2D eigenvalue weighted by Crippen LogP contribution is 2.58. The van der Waals surface area contributed by atoms with E-state index >= 15 is 0 Å². The van der Waals surface area contributed by atoms with Gasteiger partial charge in [0.25, 0.3) is 6.71 Å². The quantitative estimate of drug-likeness (QED) is 0.135. The molecule has 0 bridgehead atoms. The minimum atomic E-state index is -0.376. The highest BCUT2D eigenvalue weighted by Gasteiger charge is 2.47. The van der Waals surface area contributed by atoms with E-state index in [0.717, 1.165) is 151 Å². The molecule has 0 fully saturated rings. The lowest BCUT2D eigenvalue weighted by molar-refractivity contribution is 0.589. The summed E-state index contributed by atoms with van der Waals surface area (Å²) < 4.78 is 13.7. The van der Waals surface area contributed by atoms with Gasteiger partial charge in [-0.3, -0.25) is 0 Å². The Morgan fingerprint density at radius 3 is 0.909 bits per heavy atom. The molecular formula is C116H107BN2O2. The summed E-state index contributed by atoms with van der Waals surface area (Å²) in [6.45, 7) is 41.9. The van der Waals surface area contributed by atoms with Gasteiger partial charge < -0.3 is 18.6 Å². The fourth-order valence-electron chi connectivity index (χ4n) is 19.8. The van der Waals surface area contributed by atoms with E-state index in [9.17, 15) is 0 Å². The summed E-state index contributed by atoms with van der Waals surface area (Å²) in [7, 11) is 0. The van der Waals surface area contributed by atoms with Crippen molar-refractivity contribution in [2.45, 2.75) is 169 Å². The van der Waals surface area contributed by atoms with Crippen molar-refractivity contribution in [3.05, 3.63) is 365 Å². The highest BCUT2D eigenvalue weighted by molar-refractivity contribution is 7.00. The van der Waals surface area contributed by atoms with Crippen LogP contribution in [-0.4, -0.2) is 6.71 Å². The van der Waals surface area contributed by atoms with Gasteiger partial charge in [-0.15, -0.1) is 0 Å². The summed E-state index contributed by atoms with van der Waals surface area (Å²) in [5, 5.41) is 4.39. The number of benzene rings is 15. The Balaban J connectivity index is 1.01. The minimum absolute atomic E-state index is 0.0878. The number of hydrogen-bond acceptors (Lipinski definition) is 4. The van der Waals surface area contributed by atoms with Crippen LogP contribution in [0.3, 0.4) is 0 Å². The molecule has 17 aromatic rings. The van der Waals surface area contributed by atoms with Gasteiger partial charge in [-0.1, -0.05) is 355 Å². The number of fused-ring (bicyclic) bond motifs is 12. The van der Waals surface area contributed by atoms with Gasteiger partial charge in [-0.2, -0.15) is 0 Å². The average molecular weight is 1570 g/mol. The van der Waals surface area contributed by atoms with E-state index in [1.807, 2.05) is 0 Å². The molecule has 5 heteroatoms. The van der Waals surface area contributed by atoms with Crippen LogP contribution in [0.1, 0.15) is 192 Å². The molecule has 0 atom stereocenters. The summed E-state index contributed by atoms with van der Waals surface area (Å²) in [4.78, 5) is 5.57. The maximum atomic E-state index is 6.85. The second-order valence-corrected chi connectivity index (χ2v) is 40.8. The van der Waals surface area contributed by atoms with Crippen LogP contribution in [0.25, 0.3) is 111 Å². The SMILES string of the molecule is CC(C)(C)c1ccc(-c2cc(C(C)(C)C)cc(-c3ccc(C(C)(C)C)cc3)c2N2c3ccc(-c4cccc5oc6ccccc6c45)cc3B3c4cc(-c5cccc6oc7ccccc7c56)ccc4N(c4c(-c5ccc(C(C)(C)C)cc5)cc(C(C)(C)C)cc4-c4ccc(C(C)(C)C)cc4)c4cc(C5c6ccccc6Cc6ccccc65)cc2c43)cc1. The molecule has 20 rings (SSSR count). The molecule has 0 spiro atoms. The second-order valence-electron chi connectivity index (χ2n) is 40.8. The molecule has 1 aliphatic carbocycles. The molecule has 0 saturated carbocycles. The Bertz CT molecular complexity index is 6450. The van der Waals surface area contributed by atoms with Gasteiger partial charge >= 0.3 is 0 Å². The van der Waals surface area contributed by atoms with Gasteiger partial charge in [-0.05, 0) is 234 Å². The first-order valence-corrected chi connectivity index (χ1v) is 43.6. The molecule has 2 aromatic heterocycles. The minimum Gasteiger partial charge on any atom is -0.456 e. The molecule has 2 aliphatic heterocycles. The molecule has 0 N–H and O–H groups in total. The van der Waals surface area contributed by atoms with E-state index < -0.39 is 0 Å². The van der Waals surface area contributed by atoms with Crippen LogP contribution in [0, 0.1) is 0 Å². The van der Waals surface area contributed by atoms with E-state index in [2.05, 4.69) is 438 Å². The van der Waals surface area contributed by atoms with Crippen molar-refractivity contribution < 1.29 is 8.83 Å². The monoisotopic (exact) mass is 1570 g/mol. The normalized spacial score (nSPS) is 13.8. The predicted molar refractivity (Wildman–Crippen MR) is 516 cm³/mol. The van der Waals surface area contributed by atoms with Crippen molar-refractivity contribution in [3.63, 3.8) is 0 Å². The van der Waals surface area contributed by atoms with E-state index in [0.29, 0.717) is 0 Å². The van der Waals surface area contributed by atoms with Crippen molar-refractivity contribution in [2.24, 2.45) is 0 Å². The number of rotatable bonds is 9. The topological polar surface area (TPSA) is 32.8 Å². The maximum absolute atomic E-state index is 6.85. The van der Waals surface area contributed by atoms with E-state index in [4.69, 9.17) is 8.83 Å². The van der Waals surface area contributed by atoms with E-state index in [1.54, 1.807) is 0 Å². The molecule has 3 aliphatic rings. The number of anilines is 6. The van der Waals surface area contributed by atoms with Crippen LogP contribution in [0.15, 0.2) is 312 Å². The Morgan fingerprint density at radius 2 is 0.570 bits per heavy atom. The molecule has 4 heterocycles. The van der Waals surface area contributed by atoms with Crippen molar-refractivity contribution in [3.8, 4) is 66.8 Å². The van der Waals surface area contributed by atoms with Gasteiger partial charge in [0.15, 0.2) is 0 Å². The Labute approximate surface area is 715 Å². The van der Waals surface area contributed by atoms with Crippen molar-refractivity contribution in [2.75, 3.05) is 9.80 Å². The maximum Gasteiger partial charge on any atom is 0.252 e. The fraction of sp³-hybridized carbons (Fsp3) is 0.224. The van der Waals surface area contributed by atoms with E-state index in [-0.39, 0.29) is 45.1 Å². The third-order valence-corrected chi connectivity index (χ3v) is 26.6. The summed E-state index contributed by atoms with van der Waals surface area (Å²) in [5.41, 5.74) is 40.9. The lowest BCUT2D eigenvalue weighted by Crippen LogP contribution is -2.61. The van der Waals surface area contributed by atoms with Crippen LogP contribution >= 0.6 is 0 Å². The smallest absolute Gasteiger partial charge is 0.252 e. The molecule has 15 aromatic carbocycles. The first-order valence-electron chi connectivity index (χ1n) is 43.6. The van der Waals surface area contributed by atoms with Crippen molar-refractivity contribution in [1.82, 2.24) is 0 Å². The molecule has 0 saturated heterocycles. The zero-order chi connectivity index (χ0) is 83.9. The molecular weight excluding hydrogens is 1460 g/mol. The number of nitrogens with zero attached hydrogens (tertiary/aromatic N) is 2. The summed E-state index contributed by atoms with van der Waals surface area (Å²) >= 11 is 0. The van der Waals surface area contributed by atoms with Gasteiger partial charge in [0, 0.05) is 72.5 Å². The van der Waals surface area contributed by atoms with Gasteiger partial charge in [-0.25, -0.2) is 0 Å². The Kier molecular flexibility index (Phi) is 17.9. The number of furan rings is 2. The molecule has 4 nitrogen and oxygen atoms in total. The molecule has 596 valence electrons. The van der Waals surface area contributed by atoms with Crippen LogP contribution in [-0.2, 0) is 38.9 Å². The molecule has 0 radical (unpaired) electrons. The largest absolute Gasteiger partial charge is 0.456 e. The Hall–Kier alpha value is -12.4. The first kappa shape index (κ1) is 77.2. The van der Waals surface area contributed by atoms with Crippen LogP contribution in [0.4, 0.5) is 34.1 Å². The third kappa shape index (κ3) is 13.2. The third-order valence-electron chi connectivity index (χ3n) is 26.6. The first-order chi connectivity index (χ1) is 57.8. The zero-order valence-electron chi connectivity index (χ0n) is 73.4. The molecule has 0 unspecified atom stereocenters. The van der Waals surface area contributed by atoms with Crippen LogP contribution < -0.4 is 26.2 Å². The van der Waals surface area contributed by atoms with Gasteiger partial charge in [0.1, 0.15) is 22.3 Å². The predicted octanol–water partition coefficient (Wildman–Crippen LogP) is 30.4. The van der Waals surface area contributed by atoms with Gasteiger partial charge in [0.05, 0.1) is 11.4 Å². The zero-order valence-corrected chi connectivity index (χ0v) is 73.4. The average Bonchev–Trinajstić information content (AvgIpc) is 1.08. The van der Waals surface area contributed by atoms with Crippen molar-refractivity contribution >= 4 is 101 Å². The summed E-state index contributed by atoms with van der Waals surface area (Å²) in [6, 6.07) is 118. The van der Waals surface area contributed by atoms with E-state index in [1.165, 1.54) is 77.6 Å². The second kappa shape index (κ2) is 28.1. The Morgan fingerprint density at radius 1 is 0.264 bits per heavy atom. The van der Waals surface area contributed by atoms with Crippen LogP contribution in [0.2, 0.25) is 0 Å². The standard InChI is InChI=1S/C116H107BN2O2/c1-111(2,3)79-51-41-70(42-52-79)91-66-83(115(13,14)15)67-92(71-43-53-80(54-44-71)112(4,5)6)109(91)118-97-59-49-76(87-35-27-39-103-106(87)89-33-23-25-37-101(89)120-103)62-95(97)117-96-63-77(88-36-28-40-104-107(88)90-34-24-26-38-102(90)121-104)50-60-98(96)119(100-65-78(64-99(118)108(100)117)105-85-31-21-19-29-74(85)61-75-30-20-22-32-86(75)105)110-93(72-45-55-81(56-46-72)113(7,8)9)68-84(116(16,17)18)69-94(110)73-47-57-82(58-48-73)114(10,11)12/h19-60,62-69,105H,61H2,1-18H3. The number of para-hydroxylation sites is 2. The fourth-order valence-corrected chi connectivity index (χ4v) is 19.8. The van der Waals surface area contributed by atoms with Gasteiger partial charge in [0.2, 0.25) is 0 Å². The summed E-state index contributed by atoms with van der Waals surface area (Å²) in [6.07, 6.45) is 0.848. The highest BCUT2D eigenvalue weighted by atomic mass is 16.3. The van der Waals surface area contributed by atoms with Crippen LogP contribution in [0.5, 0.6) is 0 Å². The summed E-state index contributed by atoms with van der Waals surface area (Å²) in [5.74, 6) is -0.165. The lowest BCUT2D eigenvalue weighted by atomic mass is 9.33. The number of hydrogen-bond donors (Lipinski definition) is 0. The molecule has 0 amide bonds. The molecule has 121 heavy (non-hydrogen) atoms. The lowest BCUT2D eigenvalue weighted by Gasteiger charge is -2.47. The van der Waals surface area contributed by atoms with Crippen molar-refractivity contribution in [1.29, 1.82) is 0 Å².